The lowest BCUT2D eigenvalue weighted by atomic mass is 10.1. The third-order valence-corrected chi connectivity index (χ3v) is 4.64. The van der Waals surface area contributed by atoms with Crippen LogP contribution in [0.4, 0.5) is 0 Å². The van der Waals surface area contributed by atoms with Gasteiger partial charge in [0, 0.05) is 30.1 Å². The van der Waals surface area contributed by atoms with Gasteiger partial charge in [0.15, 0.2) is 6.61 Å². The summed E-state index contributed by atoms with van der Waals surface area (Å²) in [5.74, 6) is -0.956. The number of para-hydroxylation sites is 1. The summed E-state index contributed by atoms with van der Waals surface area (Å²) in [4.78, 5) is 41.4. The Morgan fingerprint density at radius 3 is 2.52 bits per heavy atom. The van der Waals surface area contributed by atoms with Crippen LogP contribution in [-0.2, 0) is 16.1 Å². The molecule has 1 aromatic heterocycles. The van der Waals surface area contributed by atoms with Crippen molar-refractivity contribution in [2.24, 2.45) is 0 Å². The molecule has 3 rings (SSSR count). The van der Waals surface area contributed by atoms with E-state index in [1.165, 1.54) is 6.07 Å². The smallest absolute Gasteiger partial charge is 0.339 e. The van der Waals surface area contributed by atoms with Crippen LogP contribution in [0.5, 0.6) is 0 Å². The number of pyridine rings is 1. The molecule has 1 heterocycles. The zero-order chi connectivity index (χ0) is 20.8. The molecule has 0 saturated heterocycles. The van der Waals surface area contributed by atoms with Gasteiger partial charge in [-0.15, -0.1) is 0 Å². The molecule has 0 atom stereocenters. The van der Waals surface area contributed by atoms with Gasteiger partial charge in [0.1, 0.15) is 0 Å². The zero-order valence-corrected chi connectivity index (χ0v) is 16.6. The first kappa shape index (κ1) is 20.3. The van der Waals surface area contributed by atoms with E-state index in [1.54, 1.807) is 29.2 Å². The van der Waals surface area contributed by atoms with E-state index in [0.717, 1.165) is 17.5 Å². The summed E-state index contributed by atoms with van der Waals surface area (Å²) in [6.07, 6.45) is 0.796. The van der Waals surface area contributed by atoms with Crippen LogP contribution in [-0.4, -0.2) is 34.9 Å². The van der Waals surface area contributed by atoms with Crippen LogP contribution < -0.4 is 5.56 Å². The zero-order valence-electron chi connectivity index (χ0n) is 16.6. The summed E-state index contributed by atoms with van der Waals surface area (Å²) < 4.78 is 5.25. The summed E-state index contributed by atoms with van der Waals surface area (Å²) in [5.41, 5.74) is 2.47. The monoisotopic (exact) mass is 392 g/mol. The van der Waals surface area contributed by atoms with Gasteiger partial charge in [-0.05, 0) is 25.0 Å². The number of benzene rings is 2. The summed E-state index contributed by atoms with van der Waals surface area (Å²) in [5, 5.41) is 0.578. The Kier molecular flexibility index (Phi) is 6.44. The van der Waals surface area contributed by atoms with Gasteiger partial charge in [-0.25, -0.2) is 4.79 Å². The normalized spacial score (nSPS) is 10.7. The summed E-state index contributed by atoms with van der Waals surface area (Å²) in [6.45, 7) is 4.66. The van der Waals surface area contributed by atoms with E-state index in [9.17, 15) is 14.4 Å². The van der Waals surface area contributed by atoms with Crippen LogP contribution in [0.1, 0.15) is 34.8 Å². The van der Waals surface area contributed by atoms with Crippen molar-refractivity contribution in [3.63, 3.8) is 0 Å². The van der Waals surface area contributed by atoms with E-state index < -0.39 is 11.5 Å². The number of nitrogens with one attached hydrogen (secondary N) is 1. The van der Waals surface area contributed by atoms with Crippen molar-refractivity contribution >= 4 is 22.8 Å². The Bertz CT molecular complexity index is 1070. The number of nitrogens with zero attached hydrogens (tertiary/aromatic N) is 1. The van der Waals surface area contributed by atoms with Crippen LogP contribution in [0.2, 0.25) is 0 Å². The van der Waals surface area contributed by atoms with Crippen molar-refractivity contribution in [2.75, 3.05) is 13.2 Å². The Labute approximate surface area is 169 Å². The Hall–Kier alpha value is -3.41. The number of carbonyl (C=O) groups excluding carboxylic acids is 2. The number of aryl methyl sites for hydroxylation is 1. The molecular formula is C23H24N2O4. The fraction of sp³-hybridized carbons (Fsp3) is 0.261. The number of amides is 1. The van der Waals surface area contributed by atoms with Gasteiger partial charge >= 0.3 is 5.97 Å². The van der Waals surface area contributed by atoms with Crippen molar-refractivity contribution in [3.8, 4) is 0 Å². The lowest BCUT2D eigenvalue weighted by Crippen LogP contribution is -2.35. The third kappa shape index (κ3) is 5.10. The minimum absolute atomic E-state index is 0.151. The molecule has 150 valence electrons. The molecule has 0 spiro atoms. The minimum atomic E-state index is -0.688. The quantitative estimate of drug-likeness (QED) is 0.625. The summed E-state index contributed by atoms with van der Waals surface area (Å²) in [6, 6.07) is 16.2. The van der Waals surface area contributed by atoms with Gasteiger partial charge in [0.05, 0.1) is 5.56 Å². The molecule has 3 aromatic rings. The molecule has 0 aliphatic heterocycles. The Balaban J connectivity index is 1.70. The molecule has 0 saturated carbocycles. The molecule has 0 radical (unpaired) electrons. The first-order chi connectivity index (χ1) is 14.0. The highest BCUT2D eigenvalue weighted by Crippen LogP contribution is 2.16. The minimum Gasteiger partial charge on any atom is -0.452 e. The number of ether oxygens (including phenoxy) is 1. The van der Waals surface area contributed by atoms with Gasteiger partial charge in [-0.2, -0.15) is 0 Å². The van der Waals surface area contributed by atoms with Crippen molar-refractivity contribution in [3.05, 3.63) is 81.6 Å². The number of rotatable bonds is 7. The second kappa shape index (κ2) is 9.19. The van der Waals surface area contributed by atoms with Gasteiger partial charge in [-0.3, -0.25) is 9.59 Å². The molecule has 0 unspecified atom stereocenters. The molecule has 0 fully saturated rings. The highest BCUT2D eigenvalue weighted by Gasteiger charge is 2.18. The molecule has 1 amide bonds. The number of esters is 1. The van der Waals surface area contributed by atoms with Crippen LogP contribution in [0.3, 0.4) is 0 Å². The van der Waals surface area contributed by atoms with Crippen molar-refractivity contribution in [1.29, 1.82) is 0 Å². The summed E-state index contributed by atoms with van der Waals surface area (Å²) in [7, 11) is 0. The predicted molar refractivity (Wildman–Crippen MR) is 112 cm³/mol. The average molecular weight is 392 g/mol. The van der Waals surface area contributed by atoms with E-state index in [-0.39, 0.29) is 18.1 Å². The van der Waals surface area contributed by atoms with Crippen LogP contribution in [0, 0.1) is 6.92 Å². The molecule has 6 heteroatoms. The van der Waals surface area contributed by atoms with Gasteiger partial charge < -0.3 is 14.6 Å². The Morgan fingerprint density at radius 1 is 1.07 bits per heavy atom. The number of hydrogen-bond acceptors (Lipinski definition) is 4. The van der Waals surface area contributed by atoms with E-state index in [0.29, 0.717) is 24.0 Å². The van der Waals surface area contributed by atoms with Gasteiger partial charge in [0.2, 0.25) is 5.56 Å². The van der Waals surface area contributed by atoms with E-state index >= 15 is 0 Å². The maximum absolute atomic E-state index is 12.7. The summed E-state index contributed by atoms with van der Waals surface area (Å²) >= 11 is 0. The average Bonchev–Trinajstić information content (AvgIpc) is 2.72. The number of aromatic amines is 1. The van der Waals surface area contributed by atoms with E-state index in [4.69, 9.17) is 4.74 Å². The fourth-order valence-corrected chi connectivity index (χ4v) is 3.15. The van der Waals surface area contributed by atoms with Crippen LogP contribution >= 0.6 is 0 Å². The second-order valence-corrected chi connectivity index (χ2v) is 6.97. The van der Waals surface area contributed by atoms with Crippen molar-refractivity contribution < 1.29 is 14.3 Å². The van der Waals surface area contributed by atoms with Gasteiger partial charge in [0.25, 0.3) is 5.91 Å². The first-order valence-corrected chi connectivity index (χ1v) is 9.60. The third-order valence-electron chi connectivity index (χ3n) is 4.64. The first-order valence-electron chi connectivity index (χ1n) is 9.60. The highest BCUT2D eigenvalue weighted by atomic mass is 16.5. The molecule has 29 heavy (non-hydrogen) atoms. The number of carbonyl (C=O) groups is 2. The molecule has 0 bridgehead atoms. The molecule has 0 aliphatic rings. The lowest BCUT2D eigenvalue weighted by molar-refractivity contribution is -0.135. The van der Waals surface area contributed by atoms with Crippen molar-refractivity contribution in [1.82, 2.24) is 9.88 Å². The van der Waals surface area contributed by atoms with Gasteiger partial charge in [-0.1, -0.05) is 55.0 Å². The lowest BCUT2D eigenvalue weighted by Gasteiger charge is -2.22. The number of fused-ring (bicyclic) bond motifs is 1. The maximum atomic E-state index is 12.7. The van der Waals surface area contributed by atoms with Crippen LogP contribution in [0.15, 0.2) is 59.4 Å². The standard InChI is InChI=1S/C23H24N2O4/c1-3-12-25(14-17-10-8-16(2)9-11-17)22(27)15-29-23(28)19-13-21(26)24-20-7-5-4-6-18(19)20/h4-11,13H,3,12,14-15H2,1-2H3,(H,24,26). The molecule has 2 aromatic carbocycles. The highest BCUT2D eigenvalue weighted by molar-refractivity contribution is 6.03. The molecule has 6 nitrogen and oxygen atoms in total. The SMILES string of the molecule is CCCN(Cc1ccc(C)cc1)C(=O)COC(=O)c1cc(=O)[nH]c2ccccc12. The molecule has 1 N–H and O–H groups in total. The maximum Gasteiger partial charge on any atom is 0.339 e. The van der Waals surface area contributed by atoms with Crippen molar-refractivity contribution in [2.45, 2.75) is 26.8 Å². The predicted octanol–water partition coefficient (Wildman–Crippen LogP) is 3.43. The largest absolute Gasteiger partial charge is 0.452 e. The van der Waals surface area contributed by atoms with E-state index in [1.807, 2.05) is 38.1 Å². The number of H-pyrrole nitrogens is 1. The molecule has 0 aliphatic carbocycles. The van der Waals surface area contributed by atoms with Crippen LogP contribution in [0.25, 0.3) is 10.9 Å². The number of aromatic nitrogens is 1. The number of hydrogen-bond donors (Lipinski definition) is 1. The topological polar surface area (TPSA) is 79.5 Å². The fourth-order valence-electron chi connectivity index (χ4n) is 3.15. The second-order valence-electron chi connectivity index (χ2n) is 6.97. The van der Waals surface area contributed by atoms with E-state index in [2.05, 4.69) is 4.98 Å². The molecular weight excluding hydrogens is 368 g/mol. The Morgan fingerprint density at radius 2 is 1.79 bits per heavy atom.